The largest absolute Gasteiger partial charge is 0.396 e. The fourth-order valence-electron chi connectivity index (χ4n) is 2.87. The van der Waals surface area contributed by atoms with E-state index in [0.29, 0.717) is 16.4 Å². The average molecular weight is 525 g/mol. The zero-order chi connectivity index (χ0) is 20.7. The number of sulfonamides is 1. The van der Waals surface area contributed by atoms with Gasteiger partial charge in [-0.05, 0) is 60.1 Å². The smallest absolute Gasteiger partial charge is 0.288 e. The van der Waals surface area contributed by atoms with Crippen molar-refractivity contribution in [3.63, 3.8) is 0 Å². The van der Waals surface area contributed by atoms with Crippen LogP contribution in [-0.4, -0.2) is 29.4 Å². The Bertz CT molecular complexity index is 1080. The predicted octanol–water partition coefficient (Wildman–Crippen LogP) is 2.67. The number of rotatable bonds is 7. The summed E-state index contributed by atoms with van der Waals surface area (Å²) >= 11 is 1.91. The molecular formula is C17H18F2IN3O4S. The first-order chi connectivity index (χ1) is 13.1. The molecule has 1 aromatic carbocycles. The molecule has 1 fully saturated rings. The quantitative estimate of drug-likeness (QED) is 0.483. The van der Waals surface area contributed by atoms with Gasteiger partial charge in [-0.15, -0.1) is 0 Å². The highest BCUT2D eigenvalue weighted by Gasteiger charge is 2.54. The molecule has 0 unspecified atom stereocenters. The van der Waals surface area contributed by atoms with Gasteiger partial charge in [-0.25, -0.2) is 12.8 Å². The first-order valence-electron chi connectivity index (χ1n) is 8.35. The van der Waals surface area contributed by atoms with Crippen molar-refractivity contribution < 1.29 is 22.3 Å². The van der Waals surface area contributed by atoms with Crippen molar-refractivity contribution >= 4 is 49.7 Å². The topological polar surface area (TPSA) is 100 Å². The molecule has 7 nitrogen and oxygen atoms in total. The van der Waals surface area contributed by atoms with Gasteiger partial charge in [0.2, 0.25) is 15.8 Å². The average Bonchev–Trinajstić information content (AvgIpc) is 3.40. The van der Waals surface area contributed by atoms with E-state index in [1.807, 2.05) is 22.6 Å². The number of nitrogens with one attached hydrogen (secondary N) is 2. The molecule has 1 aliphatic carbocycles. The Morgan fingerprint density at radius 3 is 2.54 bits per heavy atom. The van der Waals surface area contributed by atoms with E-state index in [2.05, 4.69) is 10.0 Å². The van der Waals surface area contributed by atoms with Gasteiger partial charge in [0.15, 0.2) is 0 Å². The number of anilines is 3. The molecule has 152 valence electrons. The van der Waals surface area contributed by atoms with Crippen molar-refractivity contribution in [1.82, 2.24) is 4.57 Å². The van der Waals surface area contributed by atoms with E-state index < -0.39 is 37.7 Å². The minimum atomic E-state index is -3.97. The Morgan fingerprint density at radius 2 is 1.96 bits per heavy atom. The maximum Gasteiger partial charge on any atom is 0.288 e. The van der Waals surface area contributed by atoms with Crippen LogP contribution in [0.2, 0.25) is 0 Å². The minimum Gasteiger partial charge on any atom is -0.396 e. The zero-order valence-corrected chi connectivity index (χ0v) is 17.8. The number of hydrogen-bond donors (Lipinski definition) is 3. The summed E-state index contributed by atoms with van der Waals surface area (Å²) in [7, 11) is -2.69. The summed E-state index contributed by atoms with van der Waals surface area (Å²) in [5.74, 6) is -1.92. The molecule has 2 aromatic rings. The van der Waals surface area contributed by atoms with E-state index in [0.717, 1.165) is 10.8 Å². The summed E-state index contributed by atoms with van der Waals surface area (Å²) in [5, 5.41) is 11.6. The summed E-state index contributed by atoms with van der Waals surface area (Å²) in [6.07, 6.45) is 1.91. The first-order valence-corrected chi connectivity index (χ1v) is 10.9. The third-order valence-corrected chi connectivity index (χ3v) is 7.61. The van der Waals surface area contributed by atoms with E-state index in [-0.39, 0.29) is 24.4 Å². The van der Waals surface area contributed by atoms with Crippen LogP contribution in [0, 0.1) is 15.2 Å². The fourth-order valence-corrected chi connectivity index (χ4v) is 4.98. The zero-order valence-electron chi connectivity index (χ0n) is 14.8. The Morgan fingerprint density at radius 1 is 1.29 bits per heavy atom. The number of halogens is 3. The van der Waals surface area contributed by atoms with Gasteiger partial charge in [-0.1, -0.05) is 0 Å². The Kier molecular flexibility index (Phi) is 5.69. The summed E-state index contributed by atoms with van der Waals surface area (Å²) < 4.78 is 57.1. The van der Waals surface area contributed by atoms with Gasteiger partial charge in [0.25, 0.3) is 5.56 Å². The lowest BCUT2D eigenvalue weighted by Gasteiger charge is -2.20. The van der Waals surface area contributed by atoms with Crippen LogP contribution >= 0.6 is 22.6 Å². The minimum absolute atomic E-state index is 0.0467. The van der Waals surface area contributed by atoms with Crippen LogP contribution in [0.1, 0.15) is 19.3 Å². The van der Waals surface area contributed by atoms with E-state index >= 15 is 0 Å². The van der Waals surface area contributed by atoms with Crippen LogP contribution in [0.5, 0.6) is 0 Å². The molecular weight excluding hydrogens is 507 g/mol. The van der Waals surface area contributed by atoms with Gasteiger partial charge >= 0.3 is 0 Å². The molecule has 0 aliphatic heterocycles. The van der Waals surface area contributed by atoms with Crippen LogP contribution in [0.15, 0.2) is 29.2 Å². The number of benzene rings is 1. The van der Waals surface area contributed by atoms with E-state index in [9.17, 15) is 22.0 Å². The molecule has 1 heterocycles. The molecule has 0 atom stereocenters. The van der Waals surface area contributed by atoms with Gasteiger partial charge in [-0.3, -0.25) is 9.52 Å². The van der Waals surface area contributed by atoms with Crippen molar-refractivity contribution in [2.24, 2.45) is 7.05 Å². The van der Waals surface area contributed by atoms with Gasteiger partial charge in [-0.2, -0.15) is 4.39 Å². The van der Waals surface area contributed by atoms with Crippen molar-refractivity contribution in [3.8, 4) is 0 Å². The standard InChI is InChI=1S/C17H18F2IN3O4S/c1-23-9-13(22-28(26,27)17(4-5-17)6-7-24)15(14(19)16(23)25)21-12-3-2-10(20)8-11(12)18/h2-3,8-9,21-22,24H,4-7H2,1H3. The first kappa shape index (κ1) is 21.0. The molecule has 1 saturated carbocycles. The summed E-state index contributed by atoms with van der Waals surface area (Å²) in [6, 6.07) is 4.15. The van der Waals surface area contributed by atoms with Gasteiger partial charge in [0.05, 0.1) is 16.1 Å². The molecule has 3 N–H and O–H groups in total. The number of aromatic nitrogens is 1. The molecule has 0 saturated heterocycles. The second-order valence-electron chi connectivity index (χ2n) is 6.66. The van der Waals surface area contributed by atoms with Gasteiger partial charge < -0.3 is 15.0 Å². The molecule has 0 amide bonds. The Balaban J connectivity index is 2.05. The molecule has 1 aliphatic rings. The molecule has 0 spiro atoms. The van der Waals surface area contributed by atoms with Crippen molar-refractivity contribution in [2.45, 2.75) is 24.0 Å². The lowest BCUT2D eigenvalue weighted by molar-refractivity contribution is 0.283. The number of hydrogen-bond acceptors (Lipinski definition) is 5. The Hall–Kier alpha value is -1.73. The van der Waals surface area contributed by atoms with E-state index in [4.69, 9.17) is 5.11 Å². The van der Waals surface area contributed by atoms with Crippen molar-refractivity contribution in [1.29, 1.82) is 0 Å². The molecule has 0 radical (unpaired) electrons. The molecule has 11 heteroatoms. The molecule has 0 bridgehead atoms. The lowest BCUT2D eigenvalue weighted by atomic mass is 10.2. The number of nitrogens with zero attached hydrogens (tertiary/aromatic N) is 1. The highest BCUT2D eigenvalue weighted by Crippen LogP contribution is 2.47. The van der Waals surface area contributed by atoms with Gasteiger partial charge in [0, 0.05) is 23.4 Å². The second-order valence-corrected chi connectivity index (χ2v) is 9.98. The number of pyridine rings is 1. The summed E-state index contributed by atoms with van der Waals surface area (Å²) in [6.45, 7) is -0.304. The lowest BCUT2D eigenvalue weighted by Crippen LogP contribution is -2.32. The third kappa shape index (κ3) is 3.87. The van der Waals surface area contributed by atoms with Crippen LogP contribution in [0.4, 0.5) is 25.8 Å². The monoisotopic (exact) mass is 525 g/mol. The normalized spacial score (nSPS) is 15.3. The van der Waals surface area contributed by atoms with Crippen molar-refractivity contribution in [3.05, 3.63) is 50.0 Å². The summed E-state index contributed by atoms with van der Waals surface area (Å²) in [4.78, 5) is 12.0. The van der Waals surface area contributed by atoms with Crippen LogP contribution < -0.4 is 15.6 Å². The Labute approximate surface area is 174 Å². The highest BCUT2D eigenvalue weighted by molar-refractivity contribution is 14.1. The second kappa shape index (κ2) is 7.59. The SMILES string of the molecule is Cn1cc(NS(=O)(=O)C2(CCO)CC2)c(Nc2ccc(I)cc2F)c(F)c1=O. The van der Waals surface area contributed by atoms with E-state index in [1.165, 1.54) is 19.2 Å². The maximum absolute atomic E-state index is 14.7. The van der Waals surface area contributed by atoms with Crippen molar-refractivity contribution in [2.75, 3.05) is 16.6 Å². The van der Waals surface area contributed by atoms with E-state index in [1.54, 1.807) is 6.07 Å². The highest BCUT2D eigenvalue weighted by atomic mass is 127. The van der Waals surface area contributed by atoms with Crippen LogP contribution in [0.3, 0.4) is 0 Å². The molecule has 1 aromatic heterocycles. The number of aryl methyl sites for hydroxylation is 1. The fraction of sp³-hybridized carbons (Fsp3) is 0.353. The van der Waals surface area contributed by atoms with Crippen LogP contribution in [-0.2, 0) is 17.1 Å². The summed E-state index contributed by atoms with van der Waals surface area (Å²) in [5.41, 5.74) is -1.79. The molecule has 28 heavy (non-hydrogen) atoms. The maximum atomic E-state index is 14.7. The molecule has 3 rings (SSSR count). The predicted molar refractivity (Wildman–Crippen MR) is 110 cm³/mol. The third-order valence-electron chi connectivity index (χ3n) is 4.70. The van der Waals surface area contributed by atoms with Crippen LogP contribution in [0.25, 0.3) is 0 Å². The number of aliphatic hydroxyl groups is 1. The number of aliphatic hydroxyl groups excluding tert-OH is 1. The van der Waals surface area contributed by atoms with Gasteiger partial charge in [0.1, 0.15) is 11.5 Å².